The fraction of sp³-hybridized carbons (Fsp3) is 0.800. The van der Waals surface area contributed by atoms with Gasteiger partial charge in [0.25, 0.3) is 0 Å². The molecule has 0 aromatic rings. The van der Waals surface area contributed by atoms with Gasteiger partial charge >= 0.3 is 49.6 Å². The van der Waals surface area contributed by atoms with E-state index in [9.17, 15) is 19.0 Å². The Bertz CT molecular complexity index is 302. The van der Waals surface area contributed by atoms with E-state index in [1.807, 2.05) is 0 Å². The van der Waals surface area contributed by atoms with E-state index in [1.165, 1.54) is 0 Å². The Labute approximate surface area is 135 Å². The predicted octanol–water partition coefficient (Wildman–Crippen LogP) is -2.15. The smallest absolute Gasteiger partial charge is 0.594 e. The number of ether oxygens (including phenoxy) is 2. The molecule has 0 aliphatic carbocycles. The molecule has 0 saturated carbocycles. The number of rotatable bonds is 8. The summed E-state index contributed by atoms with van der Waals surface area (Å²) in [6.45, 7) is 3.94. The molecule has 7 nitrogen and oxygen atoms in total. The summed E-state index contributed by atoms with van der Waals surface area (Å²) in [5, 5.41) is 0. The monoisotopic (exact) mass is 302 g/mol. The Morgan fingerprint density at radius 1 is 1.21 bits per heavy atom. The van der Waals surface area contributed by atoms with Crippen molar-refractivity contribution in [2.24, 2.45) is 0 Å². The Morgan fingerprint density at radius 3 is 2.26 bits per heavy atom. The van der Waals surface area contributed by atoms with Crippen LogP contribution in [-0.2, 0) is 18.8 Å². The van der Waals surface area contributed by atoms with E-state index in [1.54, 1.807) is 13.8 Å². The molecule has 1 amide bonds. The van der Waals surface area contributed by atoms with E-state index in [-0.39, 0.29) is 55.1 Å². The van der Waals surface area contributed by atoms with E-state index in [4.69, 9.17) is 9.47 Å². The van der Waals surface area contributed by atoms with E-state index in [0.29, 0.717) is 13.0 Å². The van der Waals surface area contributed by atoms with E-state index >= 15 is 0 Å². The summed E-state index contributed by atoms with van der Waals surface area (Å²) in [6.07, 6.45) is -0.627. The maximum Gasteiger partial charge on any atom is 1.00 e. The Hall–Kier alpha value is -0.200. The molecule has 0 radical (unpaired) electrons. The van der Waals surface area contributed by atoms with Crippen LogP contribution in [0.25, 0.3) is 0 Å². The SMILES string of the molecule is CCOC(=O)CCCN(C[P+](=O)[O-])C(=O)OCC.[Na+]. The van der Waals surface area contributed by atoms with Gasteiger partial charge < -0.3 is 14.4 Å². The van der Waals surface area contributed by atoms with Crippen molar-refractivity contribution >= 4 is 20.1 Å². The van der Waals surface area contributed by atoms with Crippen molar-refractivity contribution in [2.75, 3.05) is 26.0 Å². The van der Waals surface area contributed by atoms with Crippen molar-refractivity contribution in [2.45, 2.75) is 26.7 Å². The first-order valence-electron chi connectivity index (χ1n) is 5.70. The van der Waals surface area contributed by atoms with E-state index in [2.05, 4.69) is 0 Å². The molecule has 0 aromatic carbocycles. The van der Waals surface area contributed by atoms with Gasteiger partial charge in [0, 0.05) is 13.0 Å². The van der Waals surface area contributed by atoms with Gasteiger partial charge in [-0.1, -0.05) is 4.57 Å². The zero-order valence-electron chi connectivity index (χ0n) is 11.6. The van der Waals surface area contributed by atoms with Crippen molar-refractivity contribution in [1.82, 2.24) is 4.90 Å². The molecule has 0 saturated heterocycles. The number of esters is 1. The van der Waals surface area contributed by atoms with Crippen LogP contribution in [0.15, 0.2) is 0 Å². The Morgan fingerprint density at radius 2 is 1.79 bits per heavy atom. The molecule has 0 fully saturated rings. The molecular formula is C10H18NNaO6P+. The molecule has 104 valence electrons. The standard InChI is InChI=1S/C10H18NO6P.Na/c1-3-16-9(12)6-5-7-11(8-18(14)15)10(13)17-4-2;/h3-8H2,1-2H3;/q;+1. The van der Waals surface area contributed by atoms with Crippen molar-refractivity contribution in [3.8, 4) is 0 Å². The van der Waals surface area contributed by atoms with Gasteiger partial charge in [-0.15, -0.1) is 0 Å². The molecule has 0 aromatic heterocycles. The van der Waals surface area contributed by atoms with Crippen LogP contribution in [0.2, 0.25) is 0 Å². The Kier molecular flexibility index (Phi) is 14.2. The molecule has 0 aliphatic heterocycles. The summed E-state index contributed by atoms with van der Waals surface area (Å²) >= 11 is 0. The first kappa shape index (κ1) is 21.1. The average Bonchev–Trinajstić information content (AvgIpc) is 2.28. The van der Waals surface area contributed by atoms with Gasteiger partial charge in [0.15, 0.2) is 0 Å². The minimum atomic E-state index is -2.71. The number of hydrogen-bond donors (Lipinski definition) is 0. The molecule has 19 heavy (non-hydrogen) atoms. The van der Waals surface area contributed by atoms with Gasteiger partial charge in [-0.2, -0.15) is 0 Å². The number of nitrogens with zero attached hydrogens (tertiary/aromatic N) is 1. The molecule has 0 bridgehead atoms. The van der Waals surface area contributed by atoms with Gasteiger partial charge in [0.1, 0.15) is 0 Å². The molecule has 0 N–H and O–H groups in total. The largest absolute Gasteiger partial charge is 1.00 e. The van der Waals surface area contributed by atoms with Crippen LogP contribution in [0.4, 0.5) is 4.79 Å². The fourth-order valence-electron chi connectivity index (χ4n) is 1.22. The van der Waals surface area contributed by atoms with Crippen LogP contribution in [0.5, 0.6) is 0 Å². The van der Waals surface area contributed by atoms with Crippen LogP contribution in [0, 0.1) is 0 Å². The second-order valence-electron chi connectivity index (χ2n) is 3.35. The van der Waals surface area contributed by atoms with Gasteiger partial charge in [-0.3, -0.25) is 9.69 Å². The zero-order chi connectivity index (χ0) is 14.0. The third-order valence-electron chi connectivity index (χ3n) is 1.93. The summed E-state index contributed by atoms with van der Waals surface area (Å²) in [7, 11) is -2.71. The van der Waals surface area contributed by atoms with Gasteiger partial charge in [0.05, 0.1) is 13.2 Å². The summed E-state index contributed by atoms with van der Waals surface area (Å²) in [5.74, 6) is -0.368. The summed E-state index contributed by atoms with van der Waals surface area (Å²) in [4.78, 5) is 34.1. The number of carbonyl (C=O) groups is 2. The maximum absolute atomic E-state index is 11.4. The minimum Gasteiger partial charge on any atom is -0.594 e. The first-order valence-corrected chi connectivity index (χ1v) is 7.06. The fourth-order valence-corrected chi connectivity index (χ4v) is 1.76. The second-order valence-corrected chi connectivity index (χ2v) is 4.29. The summed E-state index contributed by atoms with van der Waals surface area (Å²) < 4.78 is 20.0. The molecule has 1 atom stereocenters. The first-order chi connectivity index (χ1) is 8.51. The van der Waals surface area contributed by atoms with Crippen LogP contribution < -0.4 is 34.5 Å². The number of hydrogen-bond acceptors (Lipinski definition) is 6. The number of carbonyl (C=O) groups excluding carboxylic acids is 2. The quantitative estimate of drug-likeness (QED) is 0.288. The Balaban J connectivity index is 0. The van der Waals surface area contributed by atoms with E-state index < -0.39 is 20.4 Å². The average molecular weight is 302 g/mol. The predicted molar refractivity (Wildman–Crippen MR) is 62.1 cm³/mol. The minimum absolute atomic E-state index is 0. The van der Waals surface area contributed by atoms with Crippen molar-refractivity contribution in [1.29, 1.82) is 0 Å². The topological polar surface area (TPSA) is 96.0 Å². The van der Waals surface area contributed by atoms with Crippen LogP contribution >= 0.6 is 8.03 Å². The van der Waals surface area contributed by atoms with Gasteiger partial charge in [0.2, 0.25) is 6.29 Å². The molecular weight excluding hydrogens is 284 g/mol. The summed E-state index contributed by atoms with van der Waals surface area (Å²) in [5.41, 5.74) is 0. The van der Waals surface area contributed by atoms with Crippen LogP contribution in [0.3, 0.4) is 0 Å². The van der Waals surface area contributed by atoms with Crippen LogP contribution in [0.1, 0.15) is 26.7 Å². The second kappa shape index (κ2) is 12.8. The molecule has 0 rings (SSSR count). The van der Waals surface area contributed by atoms with Gasteiger partial charge in [-0.25, -0.2) is 4.79 Å². The van der Waals surface area contributed by atoms with Crippen molar-refractivity contribution in [3.63, 3.8) is 0 Å². The zero-order valence-corrected chi connectivity index (χ0v) is 14.5. The van der Waals surface area contributed by atoms with Gasteiger partial charge in [-0.05, 0) is 20.3 Å². The normalized spacial score (nSPS) is 10.2. The maximum atomic E-state index is 11.4. The van der Waals surface area contributed by atoms with Crippen molar-refractivity contribution in [3.05, 3.63) is 0 Å². The molecule has 0 spiro atoms. The third kappa shape index (κ3) is 11.3. The molecule has 0 aliphatic rings. The molecule has 9 heteroatoms. The third-order valence-corrected chi connectivity index (χ3v) is 2.50. The number of amides is 1. The van der Waals surface area contributed by atoms with Crippen LogP contribution in [-0.4, -0.2) is 43.0 Å². The molecule has 1 unspecified atom stereocenters. The van der Waals surface area contributed by atoms with Crippen molar-refractivity contribution < 1.29 is 58.1 Å². The molecule has 0 heterocycles. The summed E-state index contributed by atoms with van der Waals surface area (Å²) in [6, 6.07) is 0. The van der Waals surface area contributed by atoms with E-state index in [0.717, 1.165) is 4.90 Å².